The molecule has 1 fully saturated rings. The van der Waals surface area contributed by atoms with Crippen LogP contribution in [0, 0.1) is 0 Å². The number of rotatable bonds is 9. The average molecular weight is 340 g/mol. The predicted molar refractivity (Wildman–Crippen MR) is 87.3 cm³/mol. The van der Waals surface area contributed by atoms with Crippen molar-refractivity contribution in [3.63, 3.8) is 0 Å². The molecule has 1 aliphatic heterocycles. The van der Waals surface area contributed by atoms with Gasteiger partial charge in [-0.3, -0.25) is 0 Å². The summed E-state index contributed by atoms with van der Waals surface area (Å²) in [4.78, 5) is 31.9. The van der Waals surface area contributed by atoms with E-state index in [0.717, 1.165) is 13.0 Å². The van der Waals surface area contributed by atoms with Gasteiger partial charge in [0, 0.05) is 16.7 Å². The van der Waals surface area contributed by atoms with Crippen molar-refractivity contribution in [3.05, 3.63) is 36.5 Å². The molecular weight excluding hydrogens is 316 g/mol. The van der Waals surface area contributed by atoms with Crippen LogP contribution in [0.3, 0.4) is 0 Å². The Bertz CT molecular complexity index is 487. The highest BCUT2D eigenvalue weighted by Crippen LogP contribution is 2.17. The molecular formula is C17H24O7. The molecule has 24 heavy (non-hydrogen) atoms. The highest BCUT2D eigenvalue weighted by Gasteiger charge is 2.22. The molecule has 0 aliphatic carbocycles. The molecule has 7 nitrogen and oxygen atoms in total. The zero-order valence-corrected chi connectivity index (χ0v) is 14.1. The molecule has 7 heteroatoms. The smallest absolute Gasteiger partial charge is 0.333 e. The summed E-state index contributed by atoms with van der Waals surface area (Å²) >= 11 is 0. The molecule has 0 radical (unpaired) electrons. The van der Waals surface area contributed by atoms with Gasteiger partial charge >= 0.3 is 17.9 Å². The monoisotopic (exact) mass is 340 g/mol. The molecule has 0 bridgehead atoms. The van der Waals surface area contributed by atoms with Crippen LogP contribution in [-0.4, -0.2) is 48.9 Å². The van der Waals surface area contributed by atoms with Crippen LogP contribution >= 0.6 is 0 Å². The molecule has 1 N–H and O–H groups in total. The first-order valence-corrected chi connectivity index (χ1v) is 7.33. The number of aliphatic carboxylic acids is 1. The Balaban J connectivity index is 0.000000463. The molecule has 0 aromatic heterocycles. The van der Waals surface area contributed by atoms with Crippen molar-refractivity contribution in [2.45, 2.75) is 32.8 Å². The maximum absolute atomic E-state index is 10.8. The van der Waals surface area contributed by atoms with E-state index in [1.807, 2.05) is 0 Å². The van der Waals surface area contributed by atoms with Crippen molar-refractivity contribution < 1.29 is 33.7 Å². The first-order chi connectivity index (χ1) is 11.1. The van der Waals surface area contributed by atoms with Crippen LogP contribution in [0.25, 0.3) is 0 Å². The summed E-state index contributed by atoms with van der Waals surface area (Å²) in [7, 11) is 0. The van der Waals surface area contributed by atoms with E-state index in [1.165, 1.54) is 0 Å². The molecule has 0 saturated carbocycles. The number of hydrogen-bond acceptors (Lipinski definition) is 6. The molecule has 1 saturated heterocycles. The van der Waals surface area contributed by atoms with E-state index in [4.69, 9.17) is 9.84 Å². The highest BCUT2D eigenvalue weighted by atomic mass is 16.6. The quantitative estimate of drug-likeness (QED) is 0.296. The summed E-state index contributed by atoms with van der Waals surface area (Å²) in [5.74, 6) is -1.88. The summed E-state index contributed by atoms with van der Waals surface area (Å²) in [6.07, 6.45) is 1.64. The van der Waals surface area contributed by atoms with Gasteiger partial charge in [0.25, 0.3) is 0 Å². The summed E-state index contributed by atoms with van der Waals surface area (Å²) in [5.41, 5.74) is 0.906. The summed E-state index contributed by atoms with van der Waals surface area (Å²) in [6, 6.07) is 0. The number of carboxylic acid groups (broad SMARTS) is 1. The van der Waals surface area contributed by atoms with E-state index in [1.54, 1.807) is 13.8 Å². The van der Waals surface area contributed by atoms with Crippen LogP contribution in [0.4, 0.5) is 0 Å². The third-order valence-corrected chi connectivity index (χ3v) is 2.72. The number of hydrogen-bond donors (Lipinski definition) is 1. The zero-order valence-electron chi connectivity index (χ0n) is 14.1. The maximum atomic E-state index is 10.8. The number of carbonyl (C=O) groups is 3. The van der Waals surface area contributed by atoms with Crippen LogP contribution in [0.15, 0.2) is 36.5 Å². The molecule has 1 aliphatic rings. The minimum atomic E-state index is -0.902. The van der Waals surface area contributed by atoms with E-state index < -0.39 is 17.9 Å². The van der Waals surface area contributed by atoms with E-state index in [-0.39, 0.29) is 18.8 Å². The van der Waals surface area contributed by atoms with Crippen LogP contribution in [0.1, 0.15) is 26.7 Å². The Labute approximate surface area is 141 Å². The minimum Gasteiger partial charge on any atom is -0.478 e. The first kappa shape index (κ1) is 21.6. The molecule has 1 unspecified atom stereocenters. The molecule has 0 spiro atoms. The predicted octanol–water partition coefficient (Wildman–Crippen LogP) is 2.03. The second-order valence-electron chi connectivity index (χ2n) is 5.24. The van der Waals surface area contributed by atoms with Crippen molar-refractivity contribution >= 4 is 17.9 Å². The van der Waals surface area contributed by atoms with E-state index >= 15 is 0 Å². The van der Waals surface area contributed by atoms with Gasteiger partial charge in [-0.15, -0.1) is 0 Å². The molecule has 1 atom stereocenters. The van der Waals surface area contributed by atoms with Gasteiger partial charge in [-0.1, -0.05) is 19.7 Å². The van der Waals surface area contributed by atoms with Crippen molar-refractivity contribution in [1.82, 2.24) is 0 Å². The Morgan fingerprint density at radius 2 is 1.46 bits per heavy atom. The SMILES string of the molecule is C=C(C)C(=O)OCCOC(=O)C(=C)C.C=C(CCC1CO1)C(=O)O. The fourth-order valence-corrected chi connectivity index (χ4v) is 1.19. The Morgan fingerprint density at radius 3 is 1.75 bits per heavy atom. The average Bonchev–Trinajstić information content (AvgIpc) is 3.33. The lowest BCUT2D eigenvalue weighted by atomic mass is 10.1. The second-order valence-corrected chi connectivity index (χ2v) is 5.24. The van der Waals surface area contributed by atoms with Crippen molar-refractivity contribution in [2.24, 2.45) is 0 Å². The maximum Gasteiger partial charge on any atom is 0.333 e. The van der Waals surface area contributed by atoms with Gasteiger partial charge in [0.15, 0.2) is 0 Å². The third-order valence-electron chi connectivity index (χ3n) is 2.72. The van der Waals surface area contributed by atoms with Gasteiger partial charge in [-0.05, 0) is 26.7 Å². The molecule has 1 rings (SSSR count). The highest BCUT2D eigenvalue weighted by molar-refractivity contribution is 5.87. The van der Waals surface area contributed by atoms with Gasteiger partial charge in [0.2, 0.25) is 0 Å². The van der Waals surface area contributed by atoms with Crippen molar-refractivity contribution in [2.75, 3.05) is 19.8 Å². The number of epoxide rings is 1. The fraction of sp³-hybridized carbons (Fsp3) is 0.471. The zero-order chi connectivity index (χ0) is 18.7. The second kappa shape index (κ2) is 11.2. The van der Waals surface area contributed by atoms with Crippen molar-refractivity contribution in [1.29, 1.82) is 0 Å². The normalized spacial score (nSPS) is 14.5. The topological polar surface area (TPSA) is 102 Å². The summed E-state index contributed by atoms with van der Waals surface area (Å²) in [6.45, 7) is 14.1. The Kier molecular flexibility index (Phi) is 10.1. The lowest BCUT2D eigenvalue weighted by molar-refractivity contribution is -0.147. The van der Waals surface area contributed by atoms with Crippen molar-refractivity contribution in [3.8, 4) is 0 Å². The summed E-state index contributed by atoms with van der Waals surface area (Å²) < 4.78 is 14.3. The van der Waals surface area contributed by atoms with Gasteiger partial charge in [0.05, 0.1) is 12.7 Å². The van der Waals surface area contributed by atoms with Crippen LogP contribution in [-0.2, 0) is 28.6 Å². The van der Waals surface area contributed by atoms with Crippen LogP contribution < -0.4 is 0 Å². The molecule has 0 aromatic carbocycles. The lowest BCUT2D eigenvalue weighted by Crippen LogP contribution is -2.14. The number of carboxylic acids is 1. The summed E-state index contributed by atoms with van der Waals surface area (Å²) in [5, 5.41) is 8.37. The Morgan fingerprint density at radius 1 is 1.04 bits per heavy atom. The van der Waals surface area contributed by atoms with E-state index in [2.05, 4.69) is 29.2 Å². The standard InChI is InChI=1S/C10H14O4.C7H10O3/c1-7(2)9(11)13-5-6-14-10(12)8(3)4;1-5(7(8)9)2-3-6-4-10-6/h1,3,5-6H2,2,4H3;6H,1-4H2,(H,8,9). The van der Waals surface area contributed by atoms with Crippen LogP contribution in [0.2, 0.25) is 0 Å². The molecule has 0 aromatic rings. The fourth-order valence-electron chi connectivity index (χ4n) is 1.19. The van der Waals surface area contributed by atoms with E-state index in [0.29, 0.717) is 23.7 Å². The number of ether oxygens (including phenoxy) is 3. The van der Waals surface area contributed by atoms with Gasteiger partial charge in [-0.2, -0.15) is 0 Å². The third kappa shape index (κ3) is 11.2. The van der Waals surface area contributed by atoms with Gasteiger partial charge < -0.3 is 19.3 Å². The molecule has 134 valence electrons. The molecule has 0 amide bonds. The number of carbonyl (C=O) groups excluding carboxylic acids is 2. The van der Waals surface area contributed by atoms with Crippen LogP contribution in [0.5, 0.6) is 0 Å². The minimum absolute atomic E-state index is 0.0325. The molecule has 1 heterocycles. The van der Waals surface area contributed by atoms with Gasteiger partial charge in [-0.25, -0.2) is 14.4 Å². The first-order valence-electron chi connectivity index (χ1n) is 7.33. The Hall–Kier alpha value is -2.41. The van der Waals surface area contributed by atoms with Gasteiger partial charge in [0.1, 0.15) is 13.2 Å². The van der Waals surface area contributed by atoms with E-state index in [9.17, 15) is 14.4 Å². The largest absolute Gasteiger partial charge is 0.478 e. The lowest BCUT2D eigenvalue weighted by Gasteiger charge is -2.05. The number of esters is 2.